The van der Waals surface area contributed by atoms with Crippen LogP contribution in [0.4, 0.5) is 0 Å². The van der Waals surface area contributed by atoms with Crippen molar-refractivity contribution < 1.29 is 4.74 Å². The van der Waals surface area contributed by atoms with E-state index in [9.17, 15) is 0 Å². The van der Waals surface area contributed by atoms with E-state index in [1.807, 2.05) is 6.07 Å². The van der Waals surface area contributed by atoms with Gasteiger partial charge in [-0.05, 0) is 11.6 Å². The first-order valence-electron chi connectivity index (χ1n) is 4.87. The predicted octanol–water partition coefficient (Wildman–Crippen LogP) is 2.03. The molecule has 1 aliphatic heterocycles. The fourth-order valence-corrected chi connectivity index (χ4v) is 1.74. The third-order valence-corrected chi connectivity index (χ3v) is 2.47. The average molecular weight is 189 g/mol. The van der Waals surface area contributed by atoms with E-state index in [-0.39, 0.29) is 6.23 Å². The lowest BCUT2D eigenvalue weighted by Crippen LogP contribution is -2.30. The van der Waals surface area contributed by atoms with E-state index in [4.69, 9.17) is 4.74 Å². The minimum absolute atomic E-state index is 0.148. The van der Waals surface area contributed by atoms with Gasteiger partial charge < -0.3 is 4.74 Å². The Morgan fingerprint density at radius 1 is 1.36 bits per heavy atom. The van der Waals surface area contributed by atoms with Gasteiger partial charge in [-0.15, -0.1) is 0 Å². The molecular weight excluding hydrogens is 174 g/mol. The first kappa shape index (κ1) is 9.44. The molecule has 0 aliphatic carbocycles. The quantitative estimate of drug-likeness (QED) is 0.675. The molecule has 0 amide bonds. The maximum atomic E-state index is 5.34. The monoisotopic (exact) mass is 189 g/mol. The molecule has 2 heteroatoms. The molecule has 74 valence electrons. The second kappa shape index (κ2) is 4.40. The molecule has 1 atom stereocenters. The SMILES string of the molecule is COC1C=CCN1Cc1ccccc1. The molecule has 14 heavy (non-hydrogen) atoms. The zero-order valence-electron chi connectivity index (χ0n) is 8.39. The maximum absolute atomic E-state index is 5.34. The maximum Gasteiger partial charge on any atom is 0.130 e. The van der Waals surface area contributed by atoms with Crippen LogP contribution in [0.3, 0.4) is 0 Å². The van der Waals surface area contributed by atoms with Crippen LogP contribution in [-0.4, -0.2) is 24.8 Å². The van der Waals surface area contributed by atoms with Crippen LogP contribution in [0.1, 0.15) is 5.56 Å². The summed E-state index contributed by atoms with van der Waals surface area (Å²) in [4.78, 5) is 2.29. The Labute approximate surface area is 84.8 Å². The van der Waals surface area contributed by atoms with Crippen molar-refractivity contribution in [2.45, 2.75) is 12.8 Å². The zero-order chi connectivity index (χ0) is 9.80. The molecule has 2 nitrogen and oxygen atoms in total. The van der Waals surface area contributed by atoms with Gasteiger partial charge in [-0.2, -0.15) is 0 Å². The fourth-order valence-electron chi connectivity index (χ4n) is 1.74. The van der Waals surface area contributed by atoms with Crippen molar-refractivity contribution in [2.24, 2.45) is 0 Å². The smallest absolute Gasteiger partial charge is 0.130 e. The number of ether oxygens (including phenoxy) is 1. The minimum Gasteiger partial charge on any atom is -0.363 e. The Morgan fingerprint density at radius 2 is 2.14 bits per heavy atom. The molecule has 0 radical (unpaired) electrons. The van der Waals surface area contributed by atoms with Crippen LogP contribution in [0.5, 0.6) is 0 Å². The average Bonchev–Trinajstić information content (AvgIpc) is 2.67. The van der Waals surface area contributed by atoms with Gasteiger partial charge in [0.1, 0.15) is 6.23 Å². The van der Waals surface area contributed by atoms with Crippen molar-refractivity contribution in [1.82, 2.24) is 4.90 Å². The topological polar surface area (TPSA) is 12.5 Å². The Bertz CT molecular complexity index is 307. The number of hydrogen-bond acceptors (Lipinski definition) is 2. The van der Waals surface area contributed by atoms with Gasteiger partial charge >= 0.3 is 0 Å². The molecule has 2 rings (SSSR count). The van der Waals surface area contributed by atoms with Gasteiger partial charge in [-0.3, -0.25) is 4.90 Å². The van der Waals surface area contributed by atoms with Crippen molar-refractivity contribution in [3.05, 3.63) is 48.0 Å². The van der Waals surface area contributed by atoms with E-state index < -0.39 is 0 Å². The number of hydrogen-bond donors (Lipinski definition) is 0. The standard InChI is InChI=1S/C12H15NO/c1-14-12-8-5-9-13(12)10-11-6-3-2-4-7-11/h2-8,12H,9-10H2,1H3. The summed E-state index contributed by atoms with van der Waals surface area (Å²) in [5, 5.41) is 0. The molecule has 0 saturated heterocycles. The molecule has 0 N–H and O–H groups in total. The molecule has 0 fully saturated rings. The molecule has 1 aliphatic rings. The molecule has 1 heterocycles. The second-order valence-corrected chi connectivity index (χ2v) is 3.47. The molecule has 1 unspecified atom stereocenters. The highest BCUT2D eigenvalue weighted by molar-refractivity contribution is 5.15. The van der Waals surface area contributed by atoms with Crippen molar-refractivity contribution in [1.29, 1.82) is 0 Å². The third-order valence-electron chi connectivity index (χ3n) is 2.47. The lowest BCUT2D eigenvalue weighted by atomic mass is 10.2. The number of benzene rings is 1. The predicted molar refractivity (Wildman–Crippen MR) is 56.8 cm³/mol. The van der Waals surface area contributed by atoms with E-state index in [1.165, 1.54) is 5.56 Å². The Hall–Kier alpha value is -1.12. The molecule has 1 aromatic rings. The summed E-state index contributed by atoms with van der Waals surface area (Å²) in [7, 11) is 1.75. The first-order valence-corrected chi connectivity index (χ1v) is 4.87. The van der Waals surface area contributed by atoms with E-state index in [2.05, 4.69) is 41.3 Å². The summed E-state index contributed by atoms with van der Waals surface area (Å²) >= 11 is 0. The molecule has 0 aromatic heterocycles. The minimum atomic E-state index is 0.148. The Balaban J connectivity index is 1.99. The molecule has 0 saturated carbocycles. The van der Waals surface area contributed by atoms with Crippen LogP contribution in [0.25, 0.3) is 0 Å². The van der Waals surface area contributed by atoms with Gasteiger partial charge in [0.15, 0.2) is 0 Å². The summed E-state index contributed by atoms with van der Waals surface area (Å²) in [5.74, 6) is 0. The summed E-state index contributed by atoms with van der Waals surface area (Å²) in [6.45, 7) is 1.93. The van der Waals surface area contributed by atoms with Crippen LogP contribution < -0.4 is 0 Å². The summed E-state index contributed by atoms with van der Waals surface area (Å²) < 4.78 is 5.34. The first-order chi connectivity index (χ1) is 6.90. The highest BCUT2D eigenvalue weighted by Gasteiger charge is 2.18. The van der Waals surface area contributed by atoms with E-state index >= 15 is 0 Å². The second-order valence-electron chi connectivity index (χ2n) is 3.47. The van der Waals surface area contributed by atoms with Crippen molar-refractivity contribution >= 4 is 0 Å². The van der Waals surface area contributed by atoms with Gasteiger partial charge in [0.2, 0.25) is 0 Å². The van der Waals surface area contributed by atoms with Crippen LogP contribution in [-0.2, 0) is 11.3 Å². The van der Waals surface area contributed by atoms with E-state index in [1.54, 1.807) is 7.11 Å². The Kier molecular flexibility index (Phi) is 2.96. The van der Waals surface area contributed by atoms with E-state index in [0.717, 1.165) is 13.1 Å². The Morgan fingerprint density at radius 3 is 2.86 bits per heavy atom. The third kappa shape index (κ3) is 2.03. The van der Waals surface area contributed by atoms with Crippen LogP contribution in [0, 0.1) is 0 Å². The number of nitrogens with zero attached hydrogens (tertiary/aromatic N) is 1. The summed E-state index contributed by atoms with van der Waals surface area (Å²) in [6.07, 6.45) is 4.40. The lowest BCUT2D eigenvalue weighted by molar-refractivity contribution is 0.0148. The number of rotatable bonds is 3. The van der Waals surface area contributed by atoms with Crippen molar-refractivity contribution in [3.63, 3.8) is 0 Å². The highest BCUT2D eigenvalue weighted by Crippen LogP contribution is 2.14. The van der Waals surface area contributed by atoms with Crippen molar-refractivity contribution in [3.8, 4) is 0 Å². The van der Waals surface area contributed by atoms with Gasteiger partial charge in [-0.1, -0.05) is 36.4 Å². The van der Waals surface area contributed by atoms with Gasteiger partial charge in [0, 0.05) is 20.2 Å². The van der Waals surface area contributed by atoms with Gasteiger partial charge in [-0.25, -0.2) is 0 Å². The van der Waals surface area contributed by atoms with Crippen molar-refractivity contribution in [2.75, 3.05) is 13.7 Å². The largest absolute Gasteiger partial charge is 0.363 e. The van der Waals surface area contributed by atoms with E-state index in [0.29, 0.717) is 0 Å². The zero-order valence-corrected chi connectivity index (χ0v) is 8.39. The van der Waals surface area contributed by atoms with Gasteiger partial charge in [0.25, 0.3) is 0 Å². The fraction of sp³-hybridized carbons (Fsp3) is 0.333. The summed E-state index contributed by atoms with van der Waals surface area (Å²) in [5.41, 5.74) is 1.33. The van der Waals surface area contributed by atoms with Crippen LogP contribution in [0.2, 0.25) is 0 Å². The molecule has 0 spiro atoms. The summed E-state index contributed by atoms with van der Waals surface area (Å²) in [6, 6.07) is 10.5. The lowest BCUT2D eigenvalue weighted by Gasteiger charge is -2.22. The van der Waals surface area contributed by atoms with Crippen LogP contribution >= 0.6 is 0 Å². The highest BCUT2D eigenvalue weighted by atomic mass is 16.5. The number of methoxy groups -OCH3 is 1. The van der Waals surface area contributed by atoms with Crippen LogP contribution in [0.15, 0.2) is 42.5 Å². The molecular formula is C12H15NO. The molecule has 0 bridgehead atoms. The normalized spacial score (nSPS) is 21.6. The van der Waals surface area contributed by atoms with Gasteiger partial charge in [0.05, 0.1) is 0 Å². The molecule has 1 aromatic carbocycles.